The summed E-state index contributed by atoms with van der Waals surface area (Å²) in [5, 5.41) is 3.23. The highest BCUT2D eigenvalue weighted by atomic mass is 32.2. The summed E-state index contributed by atoms with van der Waals surface area (Å²) in [6.07, 6.45) is 0. The van der Waals surface area contributed by atoms with Gasteiger partial charge in [-0.05, 0) is 45.0 Å². The molecule has 1 fully saturated rings. The molecule has 0 radical (unpaired) electrons. The van der Waals surface area contributed by atoms with Gasteiger partial charge in [-0.3, -0.25) is 4.79 Å². The van der Waals surface area contributed by atoms with Gasteiger partial charge in [-0.25, -0.2) is 8.42 Å². The Morgan fingerprint density at radius 3 is 2.39 bits per heavy atom. The molecule has 0 aliphatic carbocycles. The summed E-state index contributed by atoms with van der Waals surface area (Å²) in [6, 6.07) is 6.39. The van der Waals surface area contributed by atoms with Gasteiger partial charge < -0.3 is 10.2 Å². The lowest BCUT2D eigenvalue weighted by molar-refractivity contribution is 0.0773. The Bertz CT molecular complexity index is 639. The first-order valence-electron chi connectivity index (χ1n) is 8.03. The molecule has 1 aliphatic rings. The second-order valence-electron chi connectivity index (χ2n) is 5.72. The zero-order valence-electron chi connectivity index (χ0n) is 13.9. The van der Waals surface area contributed by atoms with Gasteiger partial charge in [0.2, 0.25) is 10.0 Å². The molecule has 1 amide bonds. The molecule has 0 spiro atoms. The summed E-state index contributed by atoms with van der Waals surface area (Å²) in [5.74, 6) is -0.0743. The van der Waals surface area contributed by atoms with Crippen molar-refractivity contribution in [3.8, 4) is 0 Å². The molecule has 0 aromatic heterocycles. The monoisotopic (exact) mass is 339 g/mol. The van der Waals surface area contributed by atoms with Crippen LogP contribution >= 0.6 is 0 Å². The first-order valence-corrected chi connectivity index (χ1v) is 9.47. The molecule has 1 heterocycles. The summed E-state index contributed by atoms with van der Waals surface area (Å²) >= 11 is 0. The van der Waals surface area contributed by atoms with Gasteiger partial charge >= 0.3 is 0 Å². The van der Waals surface area contributed by atoms with Gasteiger partial charge in [0.15, 0.2) is 0 Å². The van der Waals surface area contributed by atoms with E-state index in [4.69, 9.17) is 0 Å². The molecule has 0 bridgehead atoms. The largest absolute Gasteiger partial charge is 0.339 e. The van der Waals surface area contributed by atoms with E-state index in [2.05, 4.69) is 5.32 Å². The van der Waals surface area contributed by atoms with Crippen LogP contribution in [-0.2, 0) is 10.0 Å². The van der Waals surface area contributed by atoms with Crippen molar-refractivity contribution in [1.29, 1.82) is 0 Å². The molecule has 6 nitrogen and oxygen atoms in total. The SMILES string of the molecule is CCN(CC)C(=O)c1ccc(S(=O)(=O)N2CCNC(C)C2)cc1. The minimum absolute atomic E-state index is 0.0743. The second kappa shape index (κ2) is 7.42. The fourth-order valence-corrected chi connectivity index (χ4v) is 4.26. The Morgan fingerprint density at radius 2 is 1.87 bits per heavy atom. The van der Waals surface area contributed by atoms with Gasteiger partial charge in [0.05, 0.1) is 4.90 Å². The highest BCUT2D eigenvalue weighted by molar-refractivity contribution is 7.89. The molecule has 1 aromatic rings. The molecule has 2 rings (SSSR count). The molecule has 0 saturated carbocycles. The predicted molar refractivity (Wildman–Crippen MR) is 89.9 cm³/mol. The van der Waals surface area contributed by atoms with E-state index in [0.717, 1.165) is 0 Å². The van der Waals surface area contributed by atoms with E-state index in [-0.39, 0.29) is 16.8 Å². The maximum Gasteiger partial charge on any atom is 0.253 e. The van der Waals surface area contributed by atoms with E-state index < -0.39 is 10.0 Å². The van der Waals surface area contributed by atoms with Crippen molar-refractivity contribution in [2.75, 3.05) is 32.7 Å². The van der Waals surface area contributed by atoms with Gasteiger partial charge in [-0.15, -0.1) is 0 Å². The fraction of sp³-hybridized carbons (Fsp3) is 0.562. The lowest BCUT2D eigenvalue weighted by Gasteiger charge is -2.31. The number of hydrogen-bond acceptors (Lipinski definition) is 4. The topological polar surface area (TPSA) is 69.7 Å². The van der Waals surface area contributed by atoms with Crippen LogP contribution in [-0.4, -0.2) is 62.3 Å². The molecule has 23 heavy (non-hydrogen) atoms. The van der Waals surface area contributed by atoms with Gasteiger partial charge in [0, 0.05) is 44.3 Å². The predicted octanol–water partition coefficient (Wildman–Crippen LogP) is 1.15. The van der Waals surface area contributed by atoms with Crippen LogP contribution in [0.3, 0.4) is 0 Å². The molecule has 128 valence electrons. The van der Waals surface area contributed by atoms with Crippen molar-refractivity contribution < 1.29 is 13.2 Å². The Labute approximate surface area is 138 Å². The summed E-state index contributed by atoms with van der Waals surface area (Å²) in [5.41, 5.74) is 0.515. The average molecular weight is 339 g/mol. The van der Waals surface area contributed by atoms with Crippen LogP contribution in [0.15, 0.2) is 29.2 Å². The first-order chi connectivity index (χ1) is 10.9. The van der Waals surface area contributed by atoms with Crippen molar-refractivity contribution in [3.63, 3.8) is 0 Å². The van der Waals surface area contributed by atoms with Crippen LogP contribution in [0.2, 0.25) is 0 Å². The van der Waals surface area contributed by atoms with Gasteiger partial charge in [0.25, 0.3) is 5.91 Å². The number of nitrogens with one attached hydrogen (secondary N) is 1. The van der Waals surface area contributed by atoms with Crippen LogP contribution < -0.4 is 5.32 Å². The molecule has 1 N–H and O–H groups in total. The Morgan fingerprint density at radius 1 is 1.26 bits per heavy atom. The Balaban J connectivity index is 2.20. The van der Waals surface area contributed by atoms with Crippen molar-refractivity contribution in [2.24, 2.45) is 0 Å². The van der Waals surface area contributed by atoms with Crippen LogP contribution in [0, 0.1) is 0 Å². The third-order valence-corrected chi connectivity index (χ3v) is 6.00. The first kappa shape index (κ1) is 17.9. The molecule has 1 atom stereocenters. The van der Waals surface area contributed by atoms with Gasteiger partial charge in [-0.1, -0.05) is 0 Å². The Kier molecular flexibility index (Phi) is 5.78. The zero-order valence-corrected chi connectivity index (χ0v) is 14.8. The number of sulfonamides is 1. The molecule has 1 unspecified atom stereocenters. The zero-order chi connectivity index (χ0) is 17.0. The lowest BCUT2D eigenvalue weighted by Crippen LogP contribution is -2.51. The lowest BCUT2D eigenvalue weighted by atomic mass is 10.2. The van der Waals surface area contributed by atoms with E-state index in [9.17, 15) is 13.2 Å². The van der Waals surface area contributed by atoms with E-state index in [1.807, 2.05) is 20.8 Å². The number of nitrogens with zero attached hydrogens (tertiary/aromatic N) is 2. The van der Waals surface area contributed by atoms with Gasteiger partial charge in [-0.2, -0.15) is 4.31 Å². The number of hydrogen-bond donors (Lipinski definition) is 1. The van der Waals surface area contributed by atoms with E-state index in [0.29, 0.717) is 38.3 Å². The second-order valence-corrected chi connectivity index (χ2v) is 7.66. The van der Waals surface area contributed by atoms with Crippen molar-refractivity contribution >= 4 is 15.9 Å². The molecular formula is C16H25N3O3S. The summed E-state index contributed by atoms with van der Waals surface area (Å²) in [4.78, 5) is 14.2. The average Bonchev–Trinajstić information content (AvgIpc) is 2.56. The molecule has 1 aliphatic heterocycles. The number of piperazine rings is 1. The van der Waals surface area contributed by atoms with Crippen molar-refractivity contribution in [3.05, 3.63) is 29.8 Å². The van der Waals surface area contributed by atoms with Crippen LogP contribution in [0.1, 0.15) is 31.1 Å². The van der Waals surface area contributed by atoms with Crippen LogP contribution in [0.5, 0.6) is 0 Å². The van der Waals surface area contributed by atoms with E-state index >= 15 is 0 Å². The number of benzene rings is 1. The smallest absolute Gasteiger partial charge is 0.253 e. The third kappa shape index (κ3) is 3.91. The minimum Gasteiger partial charge on any atom is -0.339 e. The highest BCUT2D eigenvalue weighted by Gasteiger charge is 2.28. The maximum atomic E-state index is 12.7. The minimum atomic E-state index is -3.50. The summed E-state index contributed by atoms with van der Waals surface area (Å²) in [6.45, 7) is 8.65. The standard InChI is InChI=1S/C16H25N3O3S/c1-4-18(5-2)16(20)14-6-8-15(9-7-14)23(21,22)19-11-10-17-13(3)12-19/h6-9,13,17H,4-5,10-12H2,1-3H3. The fourth-order valence-electron chi connectivity index (χ4n) is 2.73. The van der Waals surface area contributed by atoms with E-state index in [1.54, 1.807) is 17.0 Å². The van der Waals surface area contributed by atoms with E-state index in [1.165, 1.54) is 16.4 Å². The number of amides is 1. The normalized spacial score (nSPS) is 19.5. The third-order valence-electron chi connectivity index (χ3n) is 4.12. The van der Waals surface area contributed by atoms with Crippen LogP contribution in [0.25, 0.3) is 0 Å². The molecule has 7 heteroatoms. The van der Waals surface area contributed by atoms with Crippen molar-refractivity contribution in [2.45, 2.75) is 31.7 Å². The quantitative estimate of drug-likeness (QED) is 0.874. The number of carbonyl (C=O) groups is 1. The van der Waals surface area contributed by atoms with Gasteiger partial charge in [0.1, 0.15) is 0 Å². The Hall–Kier alpha value is -1.44. The summed E-state index contributed by atoms with van der Waals surface area (Å²) < 4.78 is 26.8. The number of rotatable bonds is 5. The molecule has 1 saturated heterocycles. The number of carbonyl (C=O) groups excluding carboxylic acids is 1. The highest BCUT2D eigenvalue weighted by Crippen LogP contribution is 2.18. The maximum absolute atomic E-state index is 12.7. The van der Waals surface area contributed by atoms with Crippen molar-refractivity contribution in [1.82, 2.24) is 14.5 Å². The van der Waals surface area contributed by atoms with Crippen LogP contribution in [0.4, 0.5) is 0 Å². The molecular weight excluding hydrogens is 314 g/mol. The summed E-state index contributed by atoms with van der Waals surface area (Å²) in [7, 11) is -3.50. The molecule has 1 aromatic carbocycles.